The van der Waals surface area contributed by atoms with Crippen molar-refractivity contribution in [2.75, 3.05) is 19.0 Å². The van der Waals surface area contributed by atoms with Gasteiger partial charge in [-0.05, 0) is 37.6 Å². The number of aromatic nitrogens is 1. The number of nitrogens with zero attached hydrogens (tertiary/aromatic N) is 1. The molecule has 1 aromatic carbocycles. The summed E-state index contributed by atoms with van der Waals surface area (Å²) >= 11 is 0. The zero-order chi connectivity index (χ0) is 14.4. The third kappa shape index (κ3) is 3.63. The van der Waals surface area contributed by atoms with Crippen molar-refractivity contribution in [2.24, 2.45) is 0 Å². The number of benzene rings is 1. The van der Waals surface area contributed by atoms with Crippen molar-refractivity contribution in [1.29, 1.82) is 0 Å². The summed E-state index contributed by atoms with van der Waals surface area (Å²) in [4.78, 5) is 4.28. The van der Waals surface area contributed by atoms with Gasteiger partial charge >= 0.3 is 0 Å². The van der Waals surface area contributed by atoms with Crippen molar-refractivity contribution in [3.8, 4) is 11.5 Å². The molecule has 2 rings (SSSR count). The summed E-state index contributed by atoms with van der Waals surface area (Å²) in [5.74, 6) is 1.50. The maximum Gasteiger partial charge on any atom is 0.163 e. The lowest BCUT2D eigenvalue weighted by Crippen LogP contribution is -2.01. The van der Waals surface area contributed by atoms with Crippen molar-refractivity contribution >= 4 is 5.69 Å². The Labute approximate surface area is 119 Å². The fourth-order valence-corrected chi connectivity index (χ4v) is 1.86. The number of hydrogen-bond donors (Lipinski definition) is 1. The molecule has 0 aliphatic carbocycles. The van der Waals surface area contributed by atoms with E-state index in [1.807, 2.05) is 44.3 Å². The molecule has 0 aliphatic heterocycles. The zero-order valence-corrected chi connectivity index (χ0v) is 12.1. The lowest BCUT2D eigenvalue weighted by atomic mass is 10.2. The lowest BCUT2D eigenvalue weighted by molar-refractivity contribution is 0.311. The quantitative estimate of drug-likeness (QED) is 0.875. The highest BCUT2D eigenvalue weighted by atomic mass is 16.5. The summed E-state index contributed by atoms with van der Waals surface area (Å²) in [5.41, 5.74) is 3.16. The number of rotatable bonds is 6. The molecule has 1 heterocycles. The summed E-state index contributed by atoms with van der Waals surface area (Å²) in [5, 5.41) is 3.35. The molecule has 0 spiro atoms. The second kappa shape index (κ2) is 6.80. The van der Waals surface area contributed by atoms with Gasteiger partial charge < -0.3 is 14.8 Å². The zero-order valence-electron chi connectivity index (χ0n) is 12.1. The number of aryl methyl sites for hydroxylation is 1. The van der Waals surface area contributed by atoms with Crippen LogP contribution in [0, 0.1) is 6.92 Å². The molecule has 0 saturated carbocycles. The Morgan fingerprint density at radius 1 is 1.15 bits per heavy atom. The van der Waals surface area contributed by atoms with E-state index in [4.69, 9.17) is 9.47 Å². The highest BCUT2D eigenvalue weighted by Crippen LogP contribution is 2.30. The van der Waals surface area contributed by atoms with Crippen molar-refractivity contribution in [3.05, 3.63) is 47.8 Å². The van der Waals surface area contributed by atoms with Crippen molar-refractivity contribution in [3.63, 3.8) is 0 Å². The Morgan fingerprint density at radius 2 is 2.00 bits per heavy atom. The number of anilines is 1. The normalized spacial score (nSPS) is 10.2. The molecular formula is C16H20N2O2. The van der Waals surface area contributed by atoms with Gasteiger partial charge in [0, 0.05) is 30.2 Å². The minimum atomic E-state index is 0.613. The maximum absolute atomic E-state index is 5.56. The van der Waals surface area contributed by atoms with Crippen LogP contribution in [-0.4, -0.2) is 18.7 Å². The monoisotopic (exact) mass is 272 g/mol. The van der Waals surface area contributed by atoms with Crippen LogP contribution in [0.1, 0.15) is 18.2 Å². The summed E-state index contributed by atoms with van der Waals surface area (Å²) in [6.07, 6.45) is 1.88. The van der Waals surface area contributed by atoms with E-state index < -0.39 is 0 Å². The predicted molar refractivity (Wildman–Crippen MR) is 80.5 cm³/mol. The summed E-state index contributed by atoms with van der Waals surface area (Å²) in [6, 6.07) is 9.91. The van der Waals surface area contributed by atoms with Crippen molar-refractivity contribution in [1.82, 2.24) is 4.98 Å². The molecule has 1 aromatic heterocycles. The van der Waals surface area contributed by atoms with Gasteiger partial charge in [-0.3, -0.25) is 4.98 Å². The van der Waals surface area contributed by atoms with Crippen LogP contribution >= 0.6 is 0 Å². The first-order valence-corrected chi connectivity index (χ1v) is 6.69. The van der Waals surface area contributed by atoms with Crippen LogP contribution in [0.25, 0.3) is 0 Å². The van der Waals surface area contributed by atoms with Gasteiger partial charge in [0.05, 0.1) is 13.7 Å². The Morgan fingerprint density at radius 3 is 2.65 bits per heavy atom. The maximum atomic E-state index is 5.56. The van der Waals surface area contributed by atoms with E-state index in [9.17, 15) is 0 Å². The van der Waals surface area contributed by atoms with Crippen molar-refractivity contribution in [2.45, 2.75) is 20.4 Å². The molecule has 0 unspecified atom stereocenters. The van der Waals surface area contributed by atoms with Gasteiger partial charge in [0.2, 0.25) is 0 Å². The Kier molecular flexibility index (Phi) is 4.82. The molecule has 0 bridgehead atoms. The van der Waals surface area contributed by atoms with Gasteiger partial charge in [-0.15, -0.1) is 0 Å². The van der Waals surface area contributed by atoms with Gasteiger partial charge in [0.1, 0.15) is 0 Å². The largest absolute Gasteiger partial charge is 0.493 e. The van der Waals surface area contributed by atoms with Gasteiger partial charge in [-0.2, -0.15) is 0 Å². The van der Waals surface area contributed by atoms with E-state index in [2.05, 4.69) is 16.4 Å². The Balaban J connectivity index is 2.05. The number of pyridine rings is 1. The van der Waals surface area contributed by atoms with E-state index in [-0.39, 0.29) is 0 Å². The fourth-order valence-electron chi connectivity index (χ4n) is 1.86. The van der Waals surface area contributed by atoms with E-state index in [1.165, 1.54) is 0 Å². The summed E-state index contributed by atoms with van der Waals surface area (Å²) in [6.45, 7) is 5.28. The molecular weight excluding hydrogens is 252 g/mol. The number of nitrogens with one attached hydrogen (secondary N) is 1. The average Bonchev–Trinajstić information content (AvgIpc) is 2.47. The van der Waals surface area contributed by atoms with Crippen LogP contribution in [0.2, 0.25) is 0 Å². The van der Waals surface area contributed by atoms with Gasteiger partial charge in [0.15, 0.2) is 11.5 Å². The first-order valence-electron chi connectivity index (χ1n) is 6.69. The van der Waals surface area contributed by atoms with Crippen LogP contribution in [0.3, 0.4) is 0 Å². The van der Waals surface area contributed by atoms with Gasteiger partial charge in [-0.25, -0.2) is 0 Å². The molecule has 0 aliphatic rings. The van der Waals surface area contributed by atoms with Gasteiger partial charge in [0.25, 0.3) is 0 Å². The molecule has 0 fully saturated rings. The van der Waals surface area contributed by atoms with E-state index in [0.717, 1.165) is 35.0 Å². The SMILES string of the molecule is CCOc1cc(NCc2ccc(C)nc2)ccc1OC. The van der Waals surface area contributed by atoms with Crippen LogP contribution in [-0.2, 0) is 6.54 Å². The highest BCUT2D eigenvalue weighted by molar-refractivity contribution is 5.54. The molecule has 4 nitrogen and oxygen atoms in total. The van der Waals surface area contributed by atoms with Crippen LogP contribution in [0.15, 0.2) is 36.5 Å². The van der Waals surface area contributed by atoms with E-state index in [1.54, 1.807) is 7.11 Å². The van der Waals surface area contributed by atoms with Crippen LogP contribution in [0.5, 0.6) is 11.5 Å². The number of hydrogen-bond acceptors (Lipinski definition) is 4. The number of ether oxygens (including phenoxy) is 2. The molecule has 0 radical (unpaired) electrons. The molecule has 0 atom stereocenters. The van der Waals surface area contributed by atoms with E-state index in [0.29, 0.717) is 6.61 Å². The molecule has 2 aromatic rings. The third-order valence-corrected chi connectivity index (χ3v) is 2.93. The molecule has 106 valence electrons. The Hall–Kier alpha value is -2.23. The molecule has 20 heavy (non-hydrogen) atoms. The molecule has 1 N–H and O–H groups in total. The second-order valence-corrected chi connectivity index (χ2v) is 4.46. The van der Waals surface area contributed by atoms with E-state index >= 15 is 0 Å². The fraction of sp³-hybridized carbons (Fsp3) is 0.312. The second-order valence-electron chi connectivity index (χ2n) is 4.46. The third-order valence-electron chi connectivity index (χ3n) is 2.93. The standard InChI is InChI=1S/C16H20N2O2/c1-4-20-16-9-14(7-8-15(16)19-3)18-11-13-6-5-12(2)17-10-13/h5-10,18H,4,11H2,1-3H3. The first-order chi connectivity index (χ1) is 9.72. The van der Waals surface area contributed by atoms with Gasteiger partial charge in [-0.1, -0.05) is 6.07 Å². The molecule has 4 heteroatoms. The first kappa shape index (κ1) is 14.2. The van der Waals surface area contributed by atoms with Crippen LogP contribution < -0.4 is 14.8 Å². The van der Waals surface area contributed by atoms with Crippen molar-refractivity contribution < 1.29 is 9.47 Å². The Bertz CT molecular complexity index is 553. The highest BCUT2D eigenvalue weighted by Gasteiger charge is 2.05. The summed E-state index contributed by atoms with van der Waals surface area (Å²) < 4.78 is 10.8. The molecule has 0 saturated heterocycles. The average molecular weight is 272 g/mol. The van der Waals surface area contributed by atoms with Crippen LogP contribution in [0.4, 0.5) is 5.69 Å². The minimum Gasteiger partial charge on any atom is -0.493 e. The summed E-state index contributed by atoms with van der Waals surface area (Å²) in [7, 11) is 1.64. The smallest absolute Gasteiger partial charge is 0.163 e. The molecule has 0 amide bonds. The minimum absolute atomic E-state index is 0.613. The number of methoxy groups -OCH3 is 1. The lowest BCUT2D eigenvalue weighted by Gasteiger charge is -2.12. The predicted octanol–water partition coefficient (Wildman–Crippen LogP) is 3.41. The topological polar surface area (TPSA) is 43.4 Å².